The number of fused-ring (bicyclic) bond motifs is 3. The van der Waals surface area contributed by atoms with E-state index in [4.69, 9.17) is 4.98 Å². The second-order valence-electron chi connectivity index (χ2n) is 14.1. The minimum absolute atomic E-state index is 0.0808. The summed E-state index contributed by atoms with van der Waals surface area (Å²) in [6.45, 7) is 9.05. The average Bonchev–Trinajstić information content (AvgIpc) is 3.10. The van der Waals surface area contributed by atoms with Gasteiger partial charge in [0.2, 0.25) is 0 Å². The fraction of sp³-hybridized carbons (Fsp3) is 0.109. The number of aromatic nitrogens is 1. The zero-order valence-corrected chi connectivity index (χ0v) is 27.2. The van der Waals surface area contributed by atoms with Crippen molar-refractivity contribution in [2.45, 2.75) is 33.1 Å². The lowest BCUT2D eigenvalue weighted by Crippen LogP contribution is -2.10. The molecule has 0 aliphatic carbocycles. The predicted molar refractivity (Wildman–Crippen MR) is 203 cm³/mol. The van der Waals surface area contributed by atoms with Crippen molar-refractivity contribution in [2.75, 3.05) is 0 Å². The summed E-state index contributed by atoms with van der Waals surface area (Å²) in [5, 5.41) is 11.5. The summed E-state index contributed by atoms with van der Waals surface area (Å²) in [5.41, 5.74) is 10.9. The fourth-order valence-corrected chi connectivity index (χ4v) is 7.40. The molecule has 0 aliphatic rings. The topological polar surface area (TPSA) is 12.9 Å². The van der Waals surface area contributed by atoms with E-state index in [2.05, 4.69) is 167 Å². The number of hydrogen-bond acceptors (Lipinski definition) is 1. The van der Waals surface area contributed by atoms with Crippen LogP contribution in [0.1, 0.15) is 31.9 Å². The highest BCUT2D eigenvalue weighted by Crippen LogP contribution is 2.45. The van der Waals surface area contributed by atoms with E-state index >= 15 is 0 Å². The number of rotatable bonds is 3. The van der Waals surface area contributed by atoms with Gasteiger partial charge in [-0.25, -0.2) is 4.98 Å². The van der Waals surface area contributed by atoms with Gasteiger partial charge in [-0.2, -0.15) is 0 Å². The molecule has 47 heavy (non-hydrogen) atoms. The third kappa shape index (κ3) is 4.49. The van der Waals surface area contributed by atoms with E-state index in [-0.39, 0.29) is 5.41 Å². The van der Waals surface area contributed by atoms with E-state index in [1.54, 1.807) is 0 Å². The van der Waals surface area contributed by atoms with Crippen molar-refractivity contribution in [3.8, 4) is 33.5 Å². The van der Waals surface area contributed by atoms with Crippen molar-refractivity contribution in [1.82, 2.24) is 4.98 Å². The van der Waals surface area contributed by atoms with Gasteiger partial charge >= 0.3 is 0 Å². The van der Waals surface area contributed by atoms with Crippen LogP contribution in [0.3, 0.4) is 0 Å². The summed E-state index contributed by atoms with van der Waals surface area (Å²) in [6.07, 6.45) is 0. The number of aryl methyl sites for hydroxylation is 1. The summed E-state index contributed by atoms with van der Waals surface area (Å²) >= 11 is 0. The molecule has 1 heterocycles. The van der Waals surface area contributed by atoms with E-state index in [1.807, 2.05) is 0 Å². The first-order valence-corrected chi connectivity index (χ1v) is 16.5. The van der Waals surface area contributed by atoms with Gasteiger partial charge < -0.3 is 0 Å². The van der Waals surface area contributed by atoms with Gasteiger partial charge in [0.05, 0.1) is 11.2 Å². The molecule has 1 heteroatoms. The molecule has 0 atom stereocenters. The second-order valence-corrected chi connectivity index (χ2v) is 14.1. The molecule has 0 amide bonds. The summed E-state index contributed by atoms with van der Waals surface area (Å²) in [6, 6.07) is 51.7. The summed E-state index contributed by atoms with van der Waals surface area (Å²) < 4.78 is 0. The third-order valence-electron chi connectivity index (χ3n) is 10.0. The highest BCUT2D eigenvalue weighted by Gasteiger charge is 2.20. The van der Waals surface area contributed by atoms with Gasteiger partial charge in [0, 0.05) is 16.3 Å². The van der Waals surface area contributed by atoms with Gasteiger partial charge in [0.1, 0.15) is 0 Å². The average molecular weight is 602 g/mol. The molecule has 1 aromatic heterocycles. The molecule has 0 spiro atoms. The fourth-order valence-electron chi connectivity index (χ4n) is 7.40. The number of pyridine rings is 1. The van der Waals surface area contributed by atoms with Crippen LogP contribution in [0.5, 0.6) is 0 Å². The van der Waals surface area contributed by atoms with E-state index < -0.39 is 0 Å². The lowest BCUT2D eigenvalue weighted by molar-refractivity contribution is 0.591. The van der Waals surface area contributed by atoms with Crippen LogP contribution in [0.15, 0.2) is 140 Å². The first kappa shape index (κ1) is 27.8. The zero-order valence-electron chi connectivity index (χ0n) is 27.2. The maximum Gasteiger partial charge on any atom is 0.0787 e. The van der Waals surface area contributed by atoms with Crippen LogP contribution in [-0.4, -0.2) is 4.98 Å². The second kappa shape index (κ2) is 10.2. The Kier molecular flexibility index (Phi) is 6.05. The van der Waals surface area contributed by atoms with Crippen LogP contribution in [0.25, 0.3) is 87.5 Å². The van der Waals surface area contributed by atoms with Gasteiger partial charge in [0.25, 0.3) is 0 Å². The van der Waals surface area contributed by atoms with Gasteiger partial charge in [-0.05, 0) is 90.0 Å². The normalized spacial score (nSPS) is 12.3. The molecule has 1 nitrogen and oxygen atoms in total. The zero-order chi connectivity index (χ0) is 31.9. The number of hydrogen-bond donors (Lipinski definition) is 0. The summed E-state index contributed by atoms with van der Waals surface area (Å²) in [7, 11) is 0. The van der Waals surface area contributed by atoms with Crippen molar-refractivity contribution < 1.29 is 0 Å². The SMILES string of the molecule is Cc1ccc(-c2cc(-c3ccc(-c4ccc5ccc6ccccc6c5n4)cc3)c3ccc4cc(C(C)(C)C)cc5ccc2c3c54)cc1. The molecular weight excluding hydrogens is 567 g/mol. The minimum Gasteiger partial charge on any atom is -0.247 e. The Morgan fingerprint density at radius 3 is 1.66 bits per heavy atom. The molecule has 8 aromatic carbocycles. The van der Waals surface area contributed by atoms with Gasteiger partial charge in [-0.15, -0.1) is 0 Å². The standard InChI is InChI=1S/C46H35N/c1-28-9-11-30(12-10-28)40-27-41(39-23-20-35-26-36(46(2,3)4)25-34-19-22-38(40)44(39)43(34)35)31-13-16-32(17-14-31)42-24-21-33-18-15-29-7-5-6-8-37(29)45(33)47-42/h5-27H,1-4H3. The van der Waals surface area contributed by atoms with Crippen molar-refractivity contribution in [1.29, 1.82) is 0 Å². The number of benzene rings is 8. The largest absolute Gasteiger partial charge is 0.247 e. The lowest BCUT2D eigenvalue weighted by atomic mass is 9.81. The van der Waals surface area contributed by atoms with Crippen LogP contribution in [0, 0.1) is 6.92 Å². The summed E-state index contributed by atoms with van der Waals surface area (Å²) in [5.74, 6) is 0. The molecule has 0 radical (unpaired) electrons. The maximum atomic E-state index is 5.17. The van der Waals surface area contributed by atoms with Crippen molar-refractivity contribution in [3.63, 3.8) is 0 Å². The van der Waals surface area contributed by atoms with E-state index in [0.717, 1.165) is 22.2 Å². The first-order chi connectivity index (χ1) is 22.8. The lowest BCUT2D eigenvalue weighted by Gasteiger charge is -2.23. The molecule has 0 N–H and O–H groups in total. The van der Waals surface area contributed by atoms with Crippen LogP contribution in [-0.2, 0) is 5.41 Å². The van der Waals surface area contributed by atoms with Crippen LogP contribution in [0.2, 0.25) is 0 Å². The Morgan fingerprint density at radius 1 is 0.447 bits per heavy atom. The highest BCUT2D eigenvalue weighted by atomic mass is 14.7. The quantitative estimate of drug-likeness (QED) is 0.184. The van der Waals surface area contributed by atoms with Crippen molar-refractivity contribution in [3.05, 3.63) is 151 Å². The molecule has 0 saturated carbocycles. The molecular formula is C46H35N. The Bertz CT molecular complexity index is 2620. The van der Waals surface area contributed by atoms with Crippen molar-refractivity contribution >= 4 is 54.0 Å². The first-order valence-electron chi connectivity index (χ1n) is 16.5. The van der Waals surface area contributed by atoms with Crippen LogP contribution >= 0.6 is 0 Å². The van der Waals surface area contributed by atoms with Crippen molar-refractivity contribution in [2.24, 2.45) is 0 Å². The van der Waals surface area contributed by atoms with E-state index in [1.165, 1.54) is 76.5 Å². The Hall–Kier alpha value is -5.53. The Balaban J connectivity index is 1.25. The molecule has 0 fully saturated rings. The molecule has 0 aliphatic heterocycles. The molecule has 9 rings (SSSR count). The summed E-state index contributed by atoms with van der Waals surface area (Å²) in [4.78, 5) is 5.17. The Labute approximate surface area is 275 Å². The molecule has 224 valence electrons. The maximum absolute atomic E-state index is 5.17. The van der Waals surface area contributed by atoms with Crippen LogP contribution < -0.4 is 0 Å². The molecule has 0 saturated heterocycles. The monoisotopic (exact) mass is 601 g/mol. The predicted octanol–water partition coefficient (Wildman–Crippen LogP) is 12.9. The highest BCUT2D eigenvalue weighted by molar-refractivity contribution is 6.28. The van der Waals surface area contributed by atoms with Gasteiger partial charge in [-0.1, -0.05) is 154 Å². The number of nitrogens with zero attached hydrogens (tertiary/aromatic N) is 1. The molecule has 0 bridgehead atoms. The molecule has 9 aromatic rings. The van der Waals surface area contributed by atoms with Gasteiger partial charge in [0.15, 0.2) is 0 Å². The Morgan fingerprint density at radius 2 is 1.00 bits per heavy atom. The van der Waals surface area contributed by atoms with Crippen LogP contribution in [0.4, 0.5) is 0 Å². The van der Waals surface area contributed by atoms with E-state index in [9.17, 15) is 0 Å². The minimum atomic E-state index is 0.0808. The van der Waals surface area contributed by atoms with E-state index in [0.29, 0.717) is 0 Å². The van der Waals surface area contributed by atoms with Gasteiger partial charge in [-0.3, -0.25) is 0 Å². The smallest absolute Gasteiger partial charge is 0.0787 e. The third-order valence-corrected chi connectivity index (χ3v) is 10.0. The molecule has 0 unspecified atom stereocenters.